The van der Waals surface area contributed by atoms with E-state index in [9.17, 15) is 17.6 Å². The first-order chi connectivity index (χ1) is 13.9. The minimum atomic E-state index is -3.17. The Kier molecular flexibility index (Phi) is 5.52. The highest BCUT2D eigenvalue weighted by Gasteiger charge is 2.35. The number of hydrogen-bond acceptors (Lipinski definition) is 4. The molecule has 1 amide bonds. The van der Waals surface area contributed by atoms with Gasteiger partial charge < -0.3 is 4.90 Å². The Morgan fingerprint density at radius 2 is 1.86 bits per heavy atom. The van der Waals surface area contributed by atoms with Crippen LogP contribution in [-0.2, 0) is 16.4 Å². The van der Waals surface area contributed by atoms with Gasteiger partial charge in [0.1, 0.15) is 5.82 Å². The van der Waals surface area contributed by atoms with Crippen LogP contribution in [0.4, 0.5) is 4.39 Å². The van der Waals surface area contributed by atoms with Crippen LogP contribution in [0.5, 0.6) is 0 Å². The van der Waals surface area contributed by atoms with Gasteiger partial charge in [0, 0.05) is 10.9 Å². The van der Waals surface area contributed by atoms with Crippen LogP contribution in [0.3, 0.4) is 0 Å². The van der Waals surface area contributed by atoms with Crippen LogP contribution in [0.2, 0.25) is 0 Å². The Labute approximate surface area is 173 Å². The molecular formula is C22H20FNO3S2. The molecule has 1 atom stereocenters. The van der Waals surface area contributed by atoms with Gasteiger partial charge in [0.05, 0.1) is 23.6 Å². The van der Waals surface area contributed by atoms with Crippen LogP contribution in [-0.4, -0.2) is 36.8 Å². The summed E-state index contributed by atoms with van der Waals surface area (Å²) >= 11 is 1.49. The molecule has 2 heterocycles. The van der Waals surface area contributed by atoms with Crippen molar-refractivity contribution in [3.63, 3.8) is 0 Å². The lowest BCUT2D eigenvalue weighted by molar-refractivity contribution is 0.0678. The minimum Gasteiger partial charge on any atom is -0.329 e. The zero-order valence-electron chi connectivity index (χ0n) is 15.6. The van der Waals surface area contributed by atoms with Crippen molar-refractivity contribution in [1.29, 1.82) is 0 Å². The molecule has 1 aliphatic rings. The summed E-state index contributed by atoms with van der Waals surface area (Å²) in [6.45, 7) is 0.274. The molecule has 7 heteroatoms. The Morgan fingerprint density at radius 3 is 2.48 bits per heavy atom. The lowest BCUT2D eigenvalue weighted by Gasteiger charge is -2.28. The third-order valence-electron chi connectivity index (χ3n) is 5.12. The van der Waals surface area contributed by atoms with E-state index in [2.05, 4.69) is 0 Å². The van der Waals surface area contributed by atoms with Gasteiger partial charge in [-0.25, -0.2) is 12.8 Å². The maximum absolute atomic E-state index is 14.9. The second-order valence-electron chi connectivity index (χ2n) is 7.13. The molecule has 0 N–H and O–H groups in total. The number of benzene rings is 2. The second kappa shape index (κ2) is 8.08. The molecule has 0 aliphatic carbocycles. The second-order valence-corrected chi connectivity index (χ2v) is 10.4. The molecule has 1 saturated heterocycles. The van der Waals surface area contributed by atoms with Crippen molar-refractivity contribution in [2.75, 3.05) is 11.5 Å². The third kappa shape index (κ3) is 4.41. The minimum absolute atomic E-state index is 0.0365. The smallest absolute Gasteiger partial charge is 0.257 e. The summed E-state index contributed by atoms with van der Waals surface area (Å²) in [6.07, 6.45) is 0.378. The Hall–Kier alpha value is -2.51. The van der Waals surface area contributed by atoms with E-state index in [-0.39, 0.29) is 23.6 Å². The number of sulfone groups is 1. The van der Waals surface area contributed by atoms with E-state index in [4.69, 9.17) is 0 Å². The topological polar surface area (TPSA) is 54.5 Å². The molecule has 1 aliphatic heterocycles. The summed E-state index contributed by atoms with van der Waals surface area (Å²) in [5, 5.41) is 1.90. The molecule has 0 saturated carbocycles. The van der Waals surface area contributed by atoms with Crippen molar-refractivity contribution in [1.82, 2.24) is 4.90 Å². The van der Waals surface area contributed by atoms with E-state index in [0.29, 0.717) is 12.0 Å². The SMILES string of the molecule is O=C(c1ccc(-c2ccccc2)cc1F)N(Cc1cccs1)[C@@H]1CCS(=O)(=O)C1. The van der Waals surface area contributed by atoms with Gasteiger partial charge in [-0.3, -0.25) is 4.79 Å². The highest BCUT2D eigenvalue weighted by atomic mass is 32.2. The van der Waals surface area contributed by atoms with E-state index in [1.54, 1.807) is 6.07 Å². The molecule has 2 aromatic carbocycles. The predicted octanol–water partition coefficient (Wildman–Crippen LogP) is 4.38. The zero-order valence-corrected chi connectivity index (χ0v) is 17.3. The fraction of sp³-hybridized carbons (Fsp3) is 0.227. The van der Waals surface area contributed by atoms with Crippen molar-refractivity contribution in [3.05, 3.63) is 82.3 Å². The largest absolute Gasteiger partial charge is 0.329 e. The van der Waals surface area contributed by atoms with E-state index >= 15 is 0 Å². The summed E-state index contributed by atoms with van der Waals surface area (Å²) in [4.78, 5) is 15.7. The highest BCUT2D eigenvalue weighted by molar-refractivity contribution is 7.91. The zero-order chi connectivity index (χ0) is 20.4. The van der Waals surface area contributed by atoms with Crippen molar-refractivity contribution in [3.8, 4) is 11.1 Å². The number of rotatable bonds is 5. The normalized spacial score (nSPS) is 17.9. The molecule has 0 unspecified atom stereocenters. The average molecular weight is 430 g/mol. The summed E-state index contributed by atoms with van der Waals surface area (Å²) in [5.41, 5.74) is 1.51. The predicted molar refractivity (Wildman–Crippen MR) is 113 cm³/mol. The van der Waals surface area contributed by atoms with Gasteiger partial charge in [-0.15, -0.1) is 11.3 Å². The van der Waals surface area contributed by atoms with E-state index < -0.39 is 27.6 Å². The first-order valence-electron chi connectivity index (χ1n) is 9.32. The van der Waals surface area contributed by atoms with Crippen LogP contribution in [0.15, 0.2) is 66.0 Å². The van der Waals surface area contributed by atoms with Gasteiger partial charge in [0.15, 0.2) is 9.84 Å². The van der Waals surface area contributed by atoms with Crippen LogP contribution < -0.4 is 0 Å². The fourth-order valence-corrected chi connectivity index (χ4v) is 6.05. The maximum Gasteiger partial charge on any atom is 0.257 e. The van der Waals surface area contributed by atoms with E-state index in [0.717, 1.165) is 10.4 Å². The molecule has 0 spiro atoms. The first kappa shape index (κ1) is 19.8. The Bertz CT molecular complexity index is 1110. The van der Waals surface area contributed by atoms with Crippen LogP contribution in [0.1, 0.15) is 21.7 Å². The molecule has 1 aromatic heterocycles. The monoisotopic (exact) mass is 429 g/mol. The number of carbonyl (C=O) groups excluding carboxylic acids is 1. The molecule has 29 heavy (non-hydrogen) atoms. The van der Waals surface area contributed by atoms with Gasteiger partial charge in [-0.1, -0.05) is 42.5 Å². The molecule has 150 valence electrons. The average Bonchev–Trinajstić information content (AvgIpc) is 3.35. The van der Waals surface area contributed by atoms with E-state index in [1.807, 2.05) is 47.8 Å². The van der Waals surface area contributed by atoms with Gasteiger partial charge in [0.25, 0.3) is 5.91 Å². The van der Waals surface area contributed by atoms with Crippen molar-refractivity contribution in [2.24, 2.45) is 0 Å². The molecule has 1 fully saturated rings. The Morgan fingerprint density at radius 1 is 1.07 bits per heavy atom. The summed E-state index contributed by atoms with van der Waals surface area (Å²) in [7, 11) is -3.17. The molecular weight excluding hydrogens is 409 g/mol. The summed E-state index contributed by atoms with van der Waals surface area (Å²) in [6, 6.07) is 17.3. The molecule has 3 aromatic rings. The maximum atomic E-state index is 14.9. The lowest BCUT2D eigenvalue weighted by atomic mass is 10.0. The van der Waals surface area contributed by atoms with Gasteiger partial charge in [-0.2, -0.15) is 0 Å². The standard InChI is InChI=1S/C22H20FNO3S2/c23-21-13-17(16-5-2-1-3-6-16)8-9-20(21)22(25)24(14-19-7-4-11-28-19)18-10-12-29(26,27)15-18/h1-9,11,13,18H,10,12,14-15H2/t18-/m1/s1. The quantitative estimate of drug-likeness (QED) is 0.605. The molecule has 4 rings (SSSR count). The highest BCUT2D eigenvalue weighted by Crippen LogP contribution is 2.27. The van der Waals surface area contributed by atoms with Crippen molar-refractivity contribution in [2.45, 2.75) is 19.0 Å². The third-order valence-corrected chi connectivity index (χ3v) is 7.73. The van der Waals surface area contributed by atoms with Crippen LogP contribution in [0, 0.1) is 5.82 Å². The summed E-state index contributed by atoms with van der Waals surface area (Å²) < 4.78 is 38.8. The van der Waals surface area contributed by atoms with Gasteiger partial charge in [0.2, 0.25) is 0 Å². The number of hydrogen-bond donors (Lipinski definition) is 0. The van der Waals surface area contributed by atoms with Crippen molar-refractivity contribution < 1.29 is 17.6 Å². The number of amides is 1. The number of carbonyl (C=O) groups is 1. The molecule has 4 nitrogen and oxygen atoms in total. The number of halogens is 1. The van der Waals surface area contributed by atoms with Gasteiger partial charge >= 0.3 is 0 Å². The lowest BCUT2D eigenvalue weighted by Crippen LogP contribution is -2.40. The number of nitrogens with zero attached hydrogens (tertiary/aromatic N) is 1. The number of thiophene rings is 1. The van der Waals surface area contributed by atoms with Crippen molar-refractivity contribution >= 4 is 27.1 Å². The van der Waals surface area contributed by atoms with Crippen LogP contribution in [0.25, 0.3) is 11.1 Å². The summed E-state index contributed by atoms with van der Waals surface area (Å²) in [5.74, 6) is -1.10. The van der Waals surface area contributed by atoms with Crippen LogP contribution >= 0.6 is 11.3 Å². The van der Waals surface area contributed by atoms with E-state index in [1.165, 1.54) is 28.4 Å². The molecule has 0 radical (unpaired) electrons. The molecule has 0 bridgehead atoms. The van der Waals surface area contributed by atoms with Gasteiger partial charge in [-0.05, 0) is 41.1 Å². The fourth-order valence-electron chi connectivity index (χ4n) is 3.61. The Balaban J connectivity index is 1.65. The first-order valence-corrected chi connectivity index (χ1v) is 12.0.